The molecular weight excluding hydrogens is 315 g/mol. The monoisotopic (exact) mass is 328 g/mol. The number of amides is 1. The molecule has 0 radical (unpaired) electrons. The lowest BCUT2D eigenvalue weighted by Crippen LogP contribution is -2.14. The second-order valence-corrected chi connectivity index (χ2v) is 6.77. The number of carbonyl (C=O) groups excluding carboxylic acids is 1. The number of rotatable bonds is 4. The molecule has 0 saturated carbocycles. The van der Waals surface area contributed by atoms with Crippen LogP contribution in [0.15, 0.2) is 24.3 Å². The highest BCUT2D eigenvalue weighted by Gasteiger charge is 2.15. The third kappa shape index (κ3) is 3.08. The summed E-state index contributed by atoms with van der Waals surface area (Å²) in [5, 5.41) is 3.33. The first-order chi connectivity index (χ1) is 9.40. The van der Waals surface area contributed by atoms with Crippen LogP contribution in [0.5, 0.6) is 0 Å². The van der Waals surface area contributed by atoms with Gasteiger partial charge in [-0.1, -0.05) is 29.3 Å². The zero-order valence-corrected chi connectivity index (χ0v) is 13.4. The summed E-state index contributed by atoms with van der Waals surface area (Å²) in [6.07, 6.45) is 0. The second-order valence-electron chi connectivity index (χ2n) is 4.49. The molecule has 1 atom stereocenters. The van der Waals surface area contributed by atoms with Crippen molar-refractivity contribution >= 4 is 46.1 Å². The molecule has 0 aliphatic carbocycles. The summed E-state index contributed by atoms with van der Waals surface area (Å²) in [6, 6.07) is 7.24. The molecule has 0 spiro atoms. The zero-order chi connectivity index (χ0) is 14.9. The molecule has 1 unspecified atom stereocenters. The van der Waals surface area contributed by atoms with E-state index < -0.39 is 5.91 Å². The maximum atomic E-state index is 11.3. The standard InChI is InChI=1S/C14H14Cl2N2OS/c1-7-9(14(17)19)4-3-5-11(7)18-8(2)10-6-12(15)20-13(10)16/h3-6,8,18H,1-2H3,(H2,17,19). The topological polar surface area (TPSA) is 55.1 Å². The molecule has 3 nitrogen and oxygen atoms in total. The van der Waals surface area contributed by atoms with E-state index in [0.717, 1.165) is 16.8 Å². The Morgan fingerprint density at radius 2 is 2.10 bits per heavy atom. The highest BCUT2D eigenvalue weighted by molar-refractivity contribution is 7.20. The molecule has 2 aromatic rings. The third-order valence-electron chi connectivity index (χ3n) is 3.12. The normalized spacial score (nSPS) is 12.2. The largest absolute Gasteiger partial charge is 0.378 e. The summed E-state index contributed by atoms with van der Waals surface area (Å²) in [5.41, 5.74) is 8.47. The van der Waals surface area contributed by atoms with Crippen LogP contribution in [0.2, 0.25) is 8.67 Å². The number of thiophene rings is 1. The van der Waals surface area contributed by atoms with Gasteiger partial charge in [0.1, 0.15) is 0 Å². The molecule has 1 amide bonds. The molecule has 0 fully saturated rings. The number of primary amides is 1. The van der Waals surface area contributed by atoms with Gasteiger partial charge < -0.3 is 11.1 Å². The van der Waals surface area contributed by atoms with Crippen molar-refractivity contribution in [1.82, 2.24) is 0 Å². The van der Waals surface area contributed by atoms with E-state index in [1.807, 2.05) is 26.0 Å². The van der Waals surface area contributed by atoms with Gasteiger partial charge in [-0.3, -0.25) is 4.79 Å². The molecule has 0 aliphatic heterocycles. The number of nitrogens with two attached hydrogens (primary N) is 1. The molecule has 106 valence electrons. The molecule has 3 N–H and O–H groups in total. The maximum absolute atomic E-state index is 11.3. The summed E-state index contributed by atoms with van der Waals surface area (Å²) >= 11 is 13.4. The molecule has 0 aliphatic rings. The van der Waals surface area contributed by atoms with Crippen LogP contribution in [0, 0.1) is 6.92 Å². The number of halogens is 2. The zero-order valence-electron chi connectivity index (χ0n) is 11.0. The van der Waals surface area contributed by atoms with Crippen LogP contribution >= 0.6 is 34.5 Å². The first-order valence-corrected chi connectivity index (χ1v) is 7.58. The number of carbonyl (C=O) groups is 1. The first-order valence-electron chi connectivity index (χ1n) is 6.01. The Hall–Kier alpha value is -1.23. The average molecular weight is 329 g/mol. The molecule has 20 heavy (non-hydrogen) atoms. The highest BCUT2D eigenvalue weighted by atomic mass is 35.5. The molecule has 0 saturated heterocycles. The van der Waals surface area contributed by atoms with Crippen LogP contribution in [0.4, 0.5) is 5.69 Å². The van der Waals surface area contributed by atoms with Crippen molar-refractivity contribution in [2.24, 2.45) is 5.73 Å². The molecule has 6 heteroatoms. The number of anilines is 1. The lowest BCUT2D eigenvalue weighted by atomic mass is 10.0. The minimum absolute atomic E-state index is 0.0203. The fourth-order valence-corrected chi connectivity index (χ4v) is 3.66. The number of nitrogens with one attached hydrogen (secondary N) is 1. The van der Waals surface area contributed by atoms with E-state index in [4.69, 9.17) is 28.9 Å². The summed E-state index contributed by atoms with van der Waals surface area (Å²) in [6.45, 7) is 3.85. The van der Waals surface area contributed by atoms with Crippen molar-refractivity contribution < 1.29 is 4.79 Å². The van der Waals surface area contributed by atoms with E-state index in [1.54, 1.807) is 12.1 Å². The van der Waals surface area contributed by atoms with E-state index in [2.05, 4.69) is 5.32 Å². The van der Waals surface area contributed by atoms with Crippen molar-refractivity contribution in [3.63, 3.8) is 0 Å². The van der Waals surface area contributed by atoms with Crippen molar-refractivity contribution in [3.8, 4) is 0 Å². The van der Waals surface area contributed by atoms with Gasteiger partial charge in [0, 0.05) is 16.8 Å². The fraction of sp³-hybridized carbons (Fsp3) is 0.214. The van der Waals surface area contributed by atoms with E-state index in [-0.39, 0.29) is 6.04 Å². The average Bonchev–Trinajstić information content (AvgIpc) is 2.70. The lowest BCUT2D eigenvalue weighted by Gasteiger charge is -2.17. The number of benzene rings is 1. The molecule has 1 aromatic carbocycles. The maximum Gasteiger partial charge on any atom is 0.249 e. The van der Waals surface area contributed by atoms with Crippen LogP contribution in [-0.4, -0.2) is 5.91 Å². The Labute approximate surface area is 131 Å². The minimum atomic E-state index is -0.435. The molecule has 0 bridgehead atoms. The van der Waals surface area contributed by atoms with Crippen molar-refractivity contribution in [1.29, 1.82) is 0 Å². The Bertz CT molecular complexity index is 655. The van der Waals surface area contributed by atoms with Crippen LogP contribution in [0.25, 0.3) is 0 Å². The van der Waals surface area contributed by atoms with Gasteiger partial charge in [0.25, 0.3) is 0 Å². The fourth-order valence-electron chi connectivity index (χ4n) is 2.02. The van der Waals surface area contributed by atoms with Crippen molar-refractivity contribution in [2.75, 3.05) is 5.32 Å². The Morgan fingerprint density at radius 3 is 2.65 bits per heavy atom. The molecular formula is C14H14Cl2N2OS. The number of hydrogen-bond acceptors (Lipinski definition) is 3. The summed E-state index contributed by atoms with van der Waals surface area (Å²) in [7, 11) is 0. The first kappa shape index (κ1) is 15.2. The van der Waals surface area contributed by atoms with Crippen molar-refractivity contribution in [2.45, 2.75) is 19.9 Å². The molecule has 1 aromatic heterocycles. The summed E-state index contributed by atoms with van der Waals surface area (Å²) in [4.78, 5) is 11.3. The van der Waals surface area contributed by atoms with Gasteiger partial charge in [-0.15, -0.1) is 11.3 Å². The van der Waals surface area contributed by atoms with Gasteiger partial charge in [-0.2, -0.15) is 0 Å². The predicted molar refractivity (Wildman–Crippen MR) is 86.1 cm³/mol. The molecule has 2 rings (SSSR count). The van der Waals surface area contributed by atoms with Crippen LogP contribution in [0.1, 0.15) is 34.5 Å². The number of hydrogen-bond donors (Lipinski definition) is 2. The smallest absolute Gasteiger partial charge is 0.249 e. The van der Waals surface area contributed by atoms with Crippen LogP contribution in [0.3, 0.4) is 0 Å². The van der Waals surface area contributed by atoms with E-state index in [1.165, 1.54) is 11.3 Å². The Kier molecular flexibility index (Phi) is 4.58. The lowest BCUT2D eigenvalue weighted by molar-refractivity contribution is 0.1000. The van der Waals surface area contributed by atoms with Crippen LogP contribution < -0.4 is 11.1 Å². The van der Waals surface area contributed by atoms with Gasteiger partial charge in [0.2, 0.25) is 5.91 Å². The van der Waals surface area contributed by atoms with Gasteiger partial charge in [0.15, 0.2) is 0 Å². The van der Waals surface area contributed by atoms with Crippen molar-refractivity contribution in [3.05, 3.63) is 49.6 Å². The van der Waals surface area contributed by atoms with Crippen LogP contribution in [-0.2, 0) is 0 Å². The van der Waals surface area contributed by atoms with Gasteiger partial charge in [-0.05, 0) is 37.6 Å². The molecule has 1 heterocycles. The van der Waals surface area contributed by atoms with E-state index in [9.17, 15) is 4.79 Å². The van der Waals surface area contributed by atoms with Gasteiger partial charge in [0.05, 0.1) is 14.7 Å². The third-order valence-corrected chi connectivity index (χ3v) is 4.64. The SMILES string of the molecule is Cc1c(NC(C)c2cc(Cl)sc2Cl)cccc1C(N)=O. The Balaban J connectivity index is 2.28. The Morgan fingerprint density at radius 1 is 1.40 bits per heavy atom. The quantitative estimate of drug-likeness (QED) is 0.859. The minimum Gasteiger partial charge on any atom is -0.378 e. The van der Waals surface area contributed by atoms with Gasteiger partial charge in [-0.25, -0.2) is 0 Å². The highest BCUT2D eigenvalue weighted by Crippen LogP contribution is 2.36. The summed E-state index contributed by atoms with van der Waals surface area (Å²) < 4.78 is 1.32. The summed E-state index contributed by atoms with van der Waals surface area (Å²) in [5.74, 6) is -0.435. The van der Waals surface area contributed by atoms with Gasteiger partial charge >= 0.3 is 0 Å². The van der Waals surface area contributed by atoms with E-state index in [0.29, 0.717) is 14.2 Å². The predicted octanol–water partition coefficient (Wildman–Crippen LogP) is 4.64. The second kappa shape index (κ2) is 6.04. The van der Waals surface area contributed by atoms with E-state index >= 15 is 0 Å².